The van der Waals surface area contributed by atoms with E-state index in [1.165, 1.54) is 14.2 Å². The van der Waals surface area contributed by atoms with Gasteiger partial charge in [-0.05, 0) is 38.8 Å². The number of amides is 1. The van der Waals surface area contributed by atoms with Crippen molar-refractivity contribution in [2.45, 2.75) is 26.7 Å². The highest BCUT2D eigenvalue weighted by atomic mass is 16.5. The van der Waals surface area contributed by atoms with Crippen molar-refractivity contribution in [3.63, 3.8) is 0 Å². The molecule has 1 aromatic rings. The number of methoxy groups -OCH3 is 2. The van der Waals surface area contributed by atoms with E-state index in [1.54, 1.807) is 18.2 Å². The Kier molecular flexibility index (Phi) is 5.49. The lowest BCUT2D eigenvalue weighted by molar-refractivity contribution is -0.313. The molecule has 6 heteroatoms. The van der Waals surface area contributed by atoms with E-state index in [9.17, 15) is 14.7 Å². The molecule has 0 saturated heterocycles. The van der Waals surface area contributed by atoms with Gasteiger partial charge in [-0.25, -0.2) is 0 Å². The van der Waals surface area contributed by atoms with Crippen molar-refractivity contribution in [1.82, 2.24) is 0 Å². The molecule has 0 aliphatic heterocycles. The number of rotatable bonds is 5. The smallest absolute Gasteiger partial charge is 0.228 e. The maximum Gasteiger partial charge on any atom is 0.228 e. The molecule has 1 aliphatic carbocycles. The SMILES string of the molecule is COc1ccc(OC)c(NC(=O)[C@@H]2CC(C)=C(C)C[C@H]2C(=O)[O-])c1. The molecule has 0 bridgehead atoms. The summed E-state index contributed by atoms with van der Waals surface area (Å²) < 4.78 is 10.4. The number of carboxylic acids is 1. The molecule has 1 aromatic carbocycles. The minimum atomic E-state index is -1.19. The number of nitrogens with one attached hydrogen (secondary N) is 1. The summed E-state index contributed by atoms with van der Waals surface area (Å²) in [5, 5.41) is 14.2. The molecule has 0 unspecified atom stereocenters. The highest BCUT2D eigenvalue weighted by molar-refractivity contribution is 5.96. The van der Waals surface area contributed by atoms with Crippen LogP contribution in [0.4, 0.5) is 5.69 Å². The number of aliphatic carboxylic acids is 1. The molecule has 2 rings (SSSR count). The number of benzene rings is 1. The number of anilines is 1. The molecule has 0 radical (unpaired) electrons. The number of carboxylic acid groups (broad SMARTS) is 1. The largest absolute Gasteiger partial charge is 0.550 e. The van der Waals surface area contributed by atoms with Crippen LogP contribution in [-0.4, -0.2) is 26.1 Å². The Morgan fingerprint density at radius 2 is 1.71 bits per heavy atom. The maximum absolute atomic E-state index is 12.7. The third-order valence-corrected chi connectivity index (χ3v) is 4.57. The second kappa shape index (κ2) is 7.38. The first kappa shape index (κ1) is 17.8. The Bertz CT molecular complexity index is 680. The Hall–Kier alpha value is -2.50. The van der Waals surface area contributed by atoms with Crippen LogP contribution in [0.1, 0.15) is 26.7 Å². The average molecular weight is 332 g/mol. The van der Waals surface area contributed by atoms with Crippen LogP contribution >= 0.6 is 0 Å². The molecule has 130 valence electrons. The molecule has 6 nitrogen and oxygen atoms in total. The fraction of sp³-hybridized carbons (Fsp3) is 0.444. The van der Waals surface area contributed by atoms with Crippen LogP contribution in [-0.2, 0) is 9.59 Å². The standard InChI is InChI=1S/C18H23NO5/c1-10-7-13(14(18(21)22)8-11(10)2)17(20)19-15-9-12(23-3)5-6-16(15)24-4/h5-6,9,13-14H,7-8H2,1-4H3,(H,19,20)(H,21,22)/p-1/t13-,14-/m1/s1. The average Bonchev–Trinajstić information content (AvgIpc) is 2.56. The fourth-order valence-electron chi connectivity index (χ4n) is 2.95. The minimum absolute atomic E-state index is 0.335. The Morgan fingerprint density at radius 3 is 2.25 bits per heavy atom. The number of ether oxygens (including phenoxy) is 2. The van der Waals surface area contributed by atoms with Crippen molar-refractivity contribution in [2.75, 3.05) is 19.5 Å². The molecule has 0 saturated carbocycles. The lowest BCUT2D eigenvalue weighted by Gasteiger charge is -2.32. The van der Waals surface area contributed by atoms with Gasteiger partial charge in [0.25, 0.3) is 0 Å². The second-order valence-corrected chi connectivity index (χ2v) is 6.06. The summed E-state index contributed by atoms with van der Waals surface area (Å²) in [4.78, 5) is 24.1. The van der Waals surface area contributed by atoms with Gasteiger partial charge >= 0.3 is 0 Å². The van der Waals surface area contributed by atoms with Crippen molar-refractivity contribution in [3.8, 4) is 11.5 Å². The van der Waals surface area contributed by atoms with Crippen LogP contribution in [0.2, 0.25) is 0 Å². The Balaban J connectivity index is 2.26. The van der Waals surface area contributed by atoms with Gasteiger partial charge in [0.05, 0.1) is 25.8 Å². The summed E-state index contributed by atoms with van der Waals surface area (Å²) in [5.41, 5.74) is 2.50. The van der Waals surface area contributed by atoms with Crippen molar-refractivity contribution < 1.29 is 24.2 Å². The Morgan fingerprint density at radius 1 is 1.08 bits per heavy atom. The van der Waals surface area contributed by atoms with Crippen molar-refractivity contribution in [1.29, 1.82) is 0 Å². The molecule has 0 spiro atoms. The van der Waals surface area contributed by atoms with Gasteiger partial charge in [0.2, 0.25) is 5.91 Å². The number of hydrogen-bond donors (Lipinski definition) is 1. The van der Waals surface area contributed by atoms with E-state index in [2.05, 4.69) is 5.32 Å². The molecular formula is C18H22NO5-. The van der Waals surface area contributed by atoms with Crippen LogP contribution in [0.25, 0.3) is 0 Å². The number of carbonyl (C=O) groups is 2. The fourth-order valence-corrected chi connectivity index (χ4v) is 2.95. The minimum Gasteiger partial charge on any atom is -0.550 e. The van der Waals surface area contributed by atoms with Gasteiger partial charge in [-0.2, -0.15) is 0 Å². The van der Waals surface area contributed by atoms with Crippen LogP contribution in [0.5, 0.6) is 11.5 Å². The molecular weight excluding hydrogens is 310 g/mol. The van der Waals surface area contributed by atoms with Crippen LogP contribution < -0.4 is 19.9 Å². The van der Waals surface area contributed by atoms with Crippen molar-refractivity contribution >= 4 is 17.6 Å². The zero-order valence-corrected chi connectivity index (χ0v) is 14.3. The van der Waals surface area contributed by atoms with Crippen LogP contribution in [0.3, 0.4) is 0 Å². The zero-order valence-electron chi connectivity index (χ0n) is 14.3. The molecule has 1 N–H and O–H groups in total. The van der Waals surface area contributed by atoms with E-state index >= 15 is 0 Å². The van der Waals surface area contributed by atoms with E-state index in [4.69, 9.17) is 9.47 Å². The van der Waals surface area contributed by atoms with Gasteiger partial charge in [-0.1, -0.05) is 11.1 Å². The van der Waals surface area contributed by atoms with Gasteiger partial charge in [-0.3, -0.25) is 4.79 Å². The van der Waals surface area contributed by atoms with E-state index in [0.29, 0.717) is 30.0 Å². The second-order valence-electron chi connectivity index (χ2n) is 6.06. The van der Waals surface area contributed by atoms with Gasteiger partial charge in [-0.15, -0.1) is 0 Å². The highest BCUT2D eigenvalue weighted by Gasteiger charge is 2.33. The highest BCUT2D eigenvalue weighted by Crippen LogP contribution is 2.36. The normalized spacial score (nSPS) is 20.5. The van der Waals surface area contributed by atoms with E-state index in [-0.39, 0.29) is 5.91 Å². The van der Waals surface area contributed by atoms with Gasteiger partial charge in [0.15, 0.2) is 0 Å². The zero-order chi connectivity index (χ0) is 17.9. The molecule has 24 heavy (non-hydrogen) atoms. The van der Waals surface area contributed by atoms with Crippen LogP contribution in [0, 0.1) is 11.8 Å². The summed E-state index contributed by atoms with van der Waals surface area (Å²) in [6.45, 7) is 3.82. The van der Waals surface area contributed by atoms with Gasteiger partial charge < -0.3 is 24.7 Å². The molecule has 0 fully saturated rings. The predicted octanol–water partition coefficient (Wildman–Crippen LogP) is 1.75. The molecule has 0 heterocycles. The monoisotopic (exact) mass is 332 g/mol. The molecule has 1 aliphatic rings. The first-order valence-corrected chi connectivity index (χ1v) is 7.76. The summed E-state index contributed by atoms with van der Waals surface area (Å²) in [5.74, 6) is -2.01. The quantitative estimate of drug-likeness (QED) is 0.830. The van der Waals surface area contributed by atoms with Crippen molar-refractivity contribution in [3.05, 3.63) is 29.3 Å². The van der Waals surface area contributed by atoms with Gasteiger partial charge in [0.1, 0.15) is 11.5 Å². The number of hydrogen-bond acceptors (Lipinski definition) is 5. The molecule has 0 aromatic heterocycles. The summed E-state index contributed by atoms with van der Waals surface area (Å²) in [6, 6.07) is 5.04. The Labute approximate surface area is 141 Å². The summed E-state index contributed by atoms with van der Waals surface area (Å²) in [6.07, 6.45) is 0.740. The molecule has 2 atom stereocenters. The number of carbonyl (C=O) groups excluding carboxylic acids is 2. The first-order valence-electron chi connectivity index (χ1n) is 7.76. The van der Waals surface area contributed by atoms with Gasteiger partial charge in [0, 0.05) is 18.0 Å². The van der Waals surface area contributed by atoms with Crippen LogP contribution in [0.15, 0.2) is 29.3 Å². The third kappa shape index (κ3) is 3.69. The maximum atomic E-state index is 12.7. The lowest BCUT2D eigenvalue weighted by Crippen LogP contribution is -2.42. The van der Waals surface area contributed by atoms with E-state index < -0.39 is 17.8 Å². The summed E-state index contributed by atoms with van der Waals surface area (Å²) >= 11 is 0. The van der Waals surface area contributed by atoms with E-state index in [1.807, 2.05) is 13.8 Å². The van der Waals surface area contributed by atoms with Crippen molar-refractivity contribution in [2.24, 2.45) is 11.8 Å². The first-order chi connectivity index (χ1) is 11.4. The third-order valence-electron chi connectivity index (χ3n) is 4.57. The van der Waals surface area contributed by atoms with E-state index in [0.717, 1.165) is 11.1 Å². The lowest BCUT2D eigenvalue weighted by atomic mass is 9.76. The topological polar surface area (TPSA) is 87.7 Å². The number of allylic oxidation sites excluding steroid dienone is 2. The molecule has 1 amide bonds. The summed E-state index contributed by atoms with van der Waals surface area (Å²) in [7, 11) is 3.02. The predicted molar refractivity (Wildman–Crippen MR) is 87.8 cm³/mol.